The quantitative estimate of drug-likeness (QED) is 0.186. The maximum absolute atomic E-state index is 13.3. The first-order chi connectivity index (χ1) is 15.8. The molecule has 3 rings (SSSR count). The van der Waals surface area contributed by atoms with Crippen molar-refractivity contribution in [3.63, 3.8) is 0 Å². The Hall–Kier alpha value is -2.21. The average molecular weight is 474 g/mol. The number of aliphatic hydroxyl groups is 2. The van der Waals surface area contributed by atoms with E-state index < -0.39 is 6.29 Å². The summed E-state index contributed by atoms with van der Waals surface area (Å²) in [5, 5.41) is 19.9. The number of fused-ring (bicyclic) bond motifs is 1. The predicted octanol–water partition coefficient (Wildman–Crippen LogP) is 6.23. The normalized spacial score (nSPS) is 12.6. The molecule has 0 unspecified atom stereocenters. The SMILES string of the molecule is C[C@@H](CC(=O)c1c(CCCCCCc2cccc(F)c2)n(C)c2ccc(Cl)cc12)CC(O)O. The molecule has 178 valence electrons. The van der Waals surface area contributed by atoms with Gasteiger partial charge in [0, 0.05) is 47.1 Å². The number of aromatic nitrogens is 1. The topological polar surface area (TPSA) is 62.5 Å². The van der Waals surface area contributed by atoms with Gasteiger partial charge < -0.3 is 14.8 Å². The van der Waals surface area contributed by atoms with Gasteiger partial charge in [-0.15, -0.1) is 0 Å². The number of aryl methyl sites for hydroxylation is 2. The Kier molecular flexibility index (Phi) is 9.07. The van der Waals surface area contributed by atoms with Crippen molar-refractivity contribution in [3.8, 4) is 0 Å². The van der Waals surface area contributed by atoms with Crippen molar-refractivity contribution in [2.24, 2.45) is 13.0 Å². The molecule has 33 heavy (non-hydrogen) atoms. The minimum Gasteiger partial charge on any atom is -0.368 e. The smallest absolute Gasteiger partial charge is 0.165 e. The van der Waals surface area contributed by atoms with E-state index in [1.54, 1.807) is 12.1 Å². The van der Waals surface area contributed by atoms with Crippen LogP contribution in [0, 0.1) is 11.7 Å². The Morgan fingerprint density at radius 2 is 1.79 bits per heavy atom. The lowest BCUT2D eigenvalue weighted by Crippen LogP contribution is -2.15. The van der Waals surface area contributed by atoms with Crippen molar-refractivity contribution >= 4 is 28.3 Å². The summed E-state index contributed by atoms with van der Waals surface area (Å²) in [6.07, 6.45) is 4.67. The molecule has 0 aliphatic rings. The second kappa shape index (κ2) is 11.8. The van der Waals surface area contributed by atoms with Gasteiger partial charge in [-0.3, -0.25) is 4.79 Å². The third-order valence-corrected chi connectivity index (χ3v) is 6.46. The van der Waals surface area contributed by atoms with Gasteiger partial charge in [0.15, 0.2) is 12.1 Å². The number of halogens is 2. The number of aliphatic hydroxyl groups excluding tert-OH is 1. The van der Waals surface area contributed by atoms with Gasteiger partial charge >= 0.3 is 0 Å². The summed E-state index contributed by atoms with van der Waals surface area (Å²) in [4.78, 5) is 13.3. The number of nitrogens with zero attached hydrogens (tertiary/aromatic N) is 1. The van der Waals surface area contributed by atoms with Gasteiger partial charge in [-0.1, -0.05) is 43.5 Å². The van der Waals surface area contributed by atoms with Gasteiger partial charge in [0.05, 0.1) is 0 Å². The van der Waals surface area contributed by atoms with E-state index in [1.165, 1.54) is 6.07 Å². The van der Waals surface area contributed by atoms with E-state index in [2.05, 4.69) is 4.57 Å². The third-order valence-electron chi connectivity index (χ3n) is 6.23. The van der Waals surface area contributed by atoms with Crippen molar-refractivity contribution in [1.82, 2.24) is 4.57 Å². The van der Waals surface area contributed by atoms with Gasteiger partial charge in [0.25, 0.3) is 0 Å². The zero-order valence-corrected chi connectivity index (χ0v) is 20.1. The number of hydrogen-bond acceptors (Lipinski definition) is 3. The van der Waals surface area contributed by atoms with Crippen LogP contribution in [0.3, 0.4) is 0 Å². The van der Waals surface area contributed by atoms with Crippen LogP contribution in [0.2, 0.25) is 5.02 Å². The number of carbonyl (C=O) groups excluding carboxylic acids is 1. The lowest BCUT2D eigenvalue weighted by Gasteiger charge is -2.13. The van der Waals surface area contributed by atoms with E-state index in [9.17, 15) is 19.4 Å². The zero-order valence-electron chi connectivity index (χ0n) is 19.4. The van der Waals surface area contributed by atoms with Crippen LogP contribution in [0.15, 0.2) is 42.5 Å². The minimum atomic E-state index is -1.42. The van der Waals surface area contributed by atoms with Gasteiger partial charge in [-0.05, 0) is 67.5 Å². The molecule has 3 aromatic rings. The molecule has 0 amide bonds. The molecule has 2 aromatic carbocycles. The Bertz CT molecular complexity index is 1090. The molecule has 0 spiro atoms. The molecular weight excluding hydrogens is 441 g/mol. The number of hydrogen-bond donors (Lipinski definition) is 2. The summed E-state index contributed by atoms with van der Waals surface area (Å²) in [7, 11) is 1.98. The lowest BCUT2D eigenvalue weighted by molar-refractivity contribution is -0.0543. The maximum atomic E-state index is 13.3. The highest BCUT2D eigenvalue weighted by molar-refractivity contribution is 6.31. The molecule has 1 atom stereocenters. The van der Waals surface area contributed by atoms with E-state index in [0.717, 1.165) is 60.7 Å². The number of rotatable bonds is 12. The van der Waals surface area contributed by atoms with Crippen LogP contribution in [-0.4, -0.2) is 26.9 Å². The molecule has 6 heteroatoms. The molecule has 0 fully saturated rings. The summed E-state index contributed by atoms with van der Waals surface area (Å²) in [6, 6.07) is 12.4. The Morgan fingerprint density at radius 3 is 2.48 bits per heavy atom. The zero-order chi connectivity index (χ0) is 24.0. The van der Waals surface area contributed by atoms with Crippen LogP contribution in [-0.2, 0) is 19.9 Å². The van der Waals surface area contributed by atoms with Gasteiger partial charge in [0.1, 0.15) is 5.82 Å². The standard InChI is InChI=1S/C27H33ClFNO3/c1-18(15-26(32)33)14-25(31)27-22-17-20(28)12-13-23(22)30(2)24(27)11-6-4-3-5-8-19-9-7-10-21(29)16-19/h7,9-10,12-13,16-18,26,32-33H,3-6,8,11,14-15H2,1-2H3/t18-/m0/s1. The summed E-state index contributed by atoms with van der Waals surface area (Å²) in [6.45, 7) is 1.85. The Balaban J connectivity index is 1.67. The van der Waals surface area contributed by atoms with E-state index in [4.69, 9.17) is 11.6 Å². The fraction of sp³-hybridized carbons (Fsp3) is 0.444. The van der Waals surface area contributed by atoms with E-state index in [-0.39, 0.29) is 30.4 Å². The molecule has 0 saturated carbocycles. The van der Waals surface area contributed by atoms with Crippen molar-refractivity contribution in [1.29, 1.82) is 0 Å². The van der Waals surface area contributed by atoms with Crippen molar-refractivity contribution in [3.05, 3.63) is 70.1 Å². The second-order valence-electron chi connectivity index (χ2n) is 9.04. The van der Waals surface area contributed by atoms with E-state index in [0.29, 0.717) is 10.6 Å². The van der Waals surface area contributed by atoms with Crippen molar-refractivity contribution in [2.45, 2.75) is 64.6 Å². The summed E-state index contributed by atoms with van der Waals surface area (Å²) in [5.74, 6) is -0.317. The van der Waals surface area contributed by atoms with E-state index in [1.807, 2.05) is 38.2 Å². The van der Waals surface area contributed by atoms with Crippen molar-refractivity contribution < 1.29 is 19.4 Å². The Morgan fingerprint density at radius 1 is 1.06 bits per heavy atom. The van der Waals surface area contributed by atoms with Crippen LogP contribution >= 0.6 is 11.6 Å². The minimum absolute atomic E-state index is 0.0112. The highest BCUT2D eigenvalue weighted by atomic mass is 35.5. The largest absolute Gasteiger partial charge is 0.368 e. The van der Waals surface area contributed by atoms with Gasteiger partial charge in [-0.25, -0.2) is 4.39 Å². The fourth-order valence-electron chi connectivity index (χ4n) is 4.60. The van der Waals surface area contributed by atoms with E-state index >= 15 is 0 Å². The molecule has 2 N–H and O–H groups in total. The van der Waals surface area contributed by atoms with Gasteiger partial charge in [-0.2, -0.15) is 0 Å². The Labute approximate surface area is 200 Å². The van der Waals surface area contributed by atoms with Crippen LogP contribution < -0.4 is 0 Å². The number of carbonyl (C=O) groups is 1. The first-order valence-corrected chi connectivity index (χ1v) is 12.0. The fourth-order valence-corrected chi connectivity index (χ4v) is 4.77. The highest BCUT2D eigenvalue weighted by Crippen LogP contribution is 2.31. The number of Topliss-reactive ketones (excluding diaryl/α,β-unsaturated/α-hetero) is 1. The van der Waals surface area contributed by atoms with Crippen LogP contribution in [0.5, 0.6) is 0 Å². The second-order valence-corrected chi connectivity index (χ2v) is 9.47. The average Bonchev–Trinajstić information content (AvgIpc) is 3.01. The van der Waals surface area contributed by atoms with Crippen molar-refractivity contribution in [2.75, 3.05) is 0 Å². The molecule has 1 aromatic heterocycles. The molecule has 0 saturated heterocycles. The van der Waals surface area contributed by atoms with Crippen LogP contribution in [0.1, 0.15) is 67.1 Å². The number of ketones is 1. The number of benzene rings is 2. The monoisotopic (exact) mass is 473 g/mol. The first kappa shape index (κ1) is 25.4. The lowest BCUT2D eigenvalue weighted by atomic mass is 9.94. The molecular formula is C27H33ClFNO3. The van der Waals surface area contributed by atoms with Crippen LogP contribution in [0.4, 0.5) is 4.39 Å². The maximum Gasteiger partial charge on any atom is 0.165 e. The summed E-state index contributed by atoms with van der Waals surface area (Å²) in [5.41, 5.74) is 3.70. The molecule has 0 aliphatic carbocycles. The number of unbranched alkanes of at least 4 members (excludes halogenated alkanes) is 3. The molecule has 0 aliphatic heterocycles. The molecule has 4 nitrogen and oxygen atoms in total. The predicted molar refractivity (Wildman–Crippen MR) is 131 cm³/mol. The first-order valence-electron chi connectivity index (χ1n) is 11.7. The molecule has 0 bridgehead atoms. The van der Waals surface area contributed by atoms with Crippen LogP contribution in [0.25, 0.3) is 10.9 Å². The summed E-state index contributed by atoms with van der Waals surface area (Å²) >= 11 is 6.24. The molecule has 1 heterocycles. The third kappa shape index (κ3) is 6.89. The summed E-state index contributed by atoms with van der Waals surface area (Å²) < 4.78 is 15.4. The molecule has 0 radical (unpaired) electrons. The highest BCUT2D eigenvalue weighted by Gasteiger charge is 2.23. The van der Waals surface area contributed by atoms with Gasteiger partial charge in [0.2, 0.25) is 0 Å².